The fourth-order valence-corrected chi connectivity index (χ4v) is 5.19. The summed E-state index contributed by atoms with van der Waals surface area (Å²) in [4.78, 5) is 25.0. The van der Waals surface area contributed by atoms with Gasteiger partial charge >= 0.3 is 5.97 Å². The van der Waals surface area contributed by atoms with E-state index in [0.717, 1.165) is 42.4 Å². The van der Waals surface area contributed by atoms with Crippen molar-refractivity contribution < 1.29 is 9.90 Å². The van der Waals surface area contributed by atoms with Crippen molar-refractivity contribution in [3.05, 3.63) is 16.3 Å². The van der Waals surface area contributed by atoms with Crippen molar-refractivity contribution in [2.75, 3.05) is 18.8 Å². The summed E-state index contributed by atoms with van der Waals surface area (Å²) in [5, 5.41) is 10.3. The molecule has 0 saturated carbocycles. The van der Waals surface area contributed by atoms with Crippen LogP contribution in [-0.2, 0) is 24.2 Å². The minimum Gasteiger partial charge on any atom is -0.481 e. The maximum Gasteiger partial charge on any atom is 0.307 e. The molecular formula is C17H22N4O2S. The molecule has 2 aliphatic rings. The second-order valence-corrected chi connectivity index (χ2v) is 7.91. The molecule has 0 radical (unpaired) electrons. The first-order valence-electron chi connectivity index (χ1n) is 8.63. The number of likely N-dealkylation sites (tertiary alicyclic amines) is 1. The standard InChI is InChI=1S/C17H22N4O2S/c18-15-14-11-5-1-2-6-12(11)24-16(14)20-13(19-15)9-21-7-3-4-10(8-21)17(22)23/h10H,1-9H2,(H,22,23)(H2,18,19,20). The first-order chi connectivity index (χ1) is 11.6. The molecule has 1 unspecified atom stereocenters. The lowest BCUT2D eigenvalue weighted by molar-refractivity contribution is -0.143. The molecule has 0 bridgehead atoms. The summed E-state index contributed by atoms with van der Waals surface area (Å²) in [7, 11) is 0. The highest BCUT2D eigenvalue weighted by molar-refractivity contribution is 7.19. The summed E-state index contributed by atoms with van der Waals surface area (Å²) in [6.07, 6.45) is 6.31. The Bertz CT molecular complexity index is 788. The molecule has 1 saturated heterocycles. The van der Waals surface area contributed by atoms with E-state index in [1.54, 1.807) is 11.3 Å². The Hall–Kier alpha value is -1.73. The van der Waals surface area contributed by atoms with Crippen LogP contribution < -0.4 is 5.73 Å². The first-order valence-corrected chi connectivity index (χ1v) is 9.45. The van der Waals surface area contributed by atoms with Gasteiger partial charge in [0.15, 0.2) is 0 Å². The molecule has 1 aliphatic carbocycles. The zero-order valence-corrected chi connectivity index (χ0v) is 14.4. The number of carboxylic acids is 1. The van der Waals surface area contributed by atoms with E-state index >= 15 is 0 Å². The average molecular weight is 346 g/mol. The summed E-state index contributed by atoms with van der Waals surface area (Å²) < 4.78 is 0. The van der Waals surface area contributed by atoms with Crippen molar-refractivity contribution in [2.45, 2.75) is 45.1 Å². The molecule has 1 aliphatic heterocycles. The number of anilines is 1. The Kier molecular flexibility index (Phi) is 4.14. The summed E-state index contributed by atoms with van der Waals surface area (Å²) in [6.45, 7) is 2.04. The third kappa shape index (κ3) is 2.86. The Morgan fingerprint density at radius 3 is 2.96 bits per heavy atom. The Balaban J connectivity index is 1.60. The topological polar surface area (TPSA) is 92.3 Å². The molecule has 1 fully saturated rings. The van der Waals surface area contributed by atoms with Gasteiger partial charge in [-0.05, 0) is 50.6 Å². The Morgan fingerprint density at radius 2 is 2.12 bits per heavy atom. The van der Waals surface area contributed by atoms with Crippen LogP contribution in [0, 0.1) is 5.92 Å². The summed E-state index contributed by atoms with van der Waals surface area (Å²) in [5.74, 6) is 0.307. The van der Waals surface area contributed by atoms with Gasteiger partial charge in [0.05, 0.1) is 17.8 Å². The molecule has 2 aromatic rings. The molecule has 6 nitrogen and oxygen atoms in total. The SMILES string of the molecule is Nc1nc(CN2CCCC(C(=O)O)C2)nc2sc3c(c12)CCCC3. The number of aryl methyl sites for hydroxylation is 2. The van der Waals surface area contributed by atoms with Crippen LogP contribution in [0.1, 0.15) is 41.9 Å². The number of nitrogen functional groups attached to an aromatic ring is 1. The van der Waals surface area contributed by atoms with E-state index in [1.807, 2.05) is 0 Å². The van der Waals surface area contributed by atoms with E-state index < -0.39 is 5.97 Å². The number of thiophene rings is 1. The lowest BCUT2D eigenvalue weighted by Crippen LogP contribution is -2.38. The highest BCUT2D eigenvalue weighted by atomic mass is 32.1. The number of piperidine rings is 1. The number of rotatable bonds is 3. The third-order valence-corrected chi connectivity index (χ3v) is 6.29. The van der Waals surface area contributed by atoms with Gasteiger partial charge < -0.3 is 10.8 Å². The minimum absolute atomic E-state index is 0.283. The maximum atomic E-state index is 11.2. The smallest absolute Gasteiger partial charge is 0.307 e. The highest BCUT2D eigenvalue weighted by Crippen LogP contribution is 2.37. The molecule has 3 N–H and O–H groups in total. The monoisotopic (exact) mass is 346 g/mol. The number of hydrogen-bond acceptors (Lipinski definition) is 6. The molecule has 0 amide bonds. The Morgan fingerprint density at radius 1 is 1.29 bits per heavy atom. The molecule has 128 valence electrons. The number of carboxylic acid groups (broad SMARTS) is 1. The largest absolute Gasteiger partial charge is 0.481 e. The molecule has 2 aromatic heterocycles. The van der Waals surface area contributed by atoms with Crippen molar-refractivity contribution in [3.63, 3.8) is 0 Å². The Labute approximate surface area is 144 Å². The predicted molar refractivity (Wildman–Crippen MR) is 94.1 cm³/mol. The quantitative estimate of drug-likeness (QED) is 0.887. The van der Waals surface area contributed by atoms with Gasteiger partial charge in [-0.25, -0.2) is 9.97 Å². The molecule has 3 heterocycles. The number of carbonyl (C=O) groups is 1. The van der Waals surface area contributed by atoms with Gasteiger partial charge in [-0.3, -0.25) is 9.69 Å². The zero-order valence-electron chi connectivity index (χ0n) is 13.6. The van der Waals surface area contributed by atoms with Crippen molar-refractivity contribution in [2.24, 2.45) is 5.92 Å². The fourth-order valence-electron chi connectivity index (χ4n) is 3.90. The van der Waals surface area contributed by atoms with Gasteiger partial charge in [-0.1, -0.05) is 0 Å². The summed E-state index contributed by atoms with van der Waals surface area (Å²) >= 11 is 1.75. The van der Waals surface area contributed by atoms with Crippen LogP contribution in [0.4, 0.5) is 5.82 Å². The zero-order chi connectivity index (χ0) is 16.7. The van der Waals surface area contributed by atoms with Gasteiger partial charge in [0.25, 0.3) is 0 Å². The average Bonchev–Trinajstić information content (AvgIpc) is 2.93. The number of fused-ring (bicyclic) bond motifs is 3. The van der Waals surface area contributed by atoms with Crippen LogP contribution in [0.15, 0.2) is 0 Å². The molecule has 0 aromatic carbocycles. The lowest BCUT2D eigenvalue weighted by Gasteiger charge is -2.29. The van der Waals surface area contributed by atoms with Gasteiger partial charge in [0.2, 0.25) is 0 Å². The van der Waals surface area contributed by atoms with Crippen LogP contribution in [-0.4, -0.2) is 39.0 Å². The van der Waals surface area contributed by atoms with E-state index in [9.17, 15) is 9.90 Å². The molecule has 0 spiro atoms. The van der Waals surface area contributed by atoms with Crippen molar-refractivity contribution >= 4 is 33.3 Å². The van der Waals surface area contributed by atoms with Crippen LogP contribution in [0.3, 0.4) is 0 Å². The van der Waals surface area contributed by atoms with E-state index in [1.165, 1.54) is 23.3 Å². The molecule has 1 atom stereocenters. The van der Waals surface area contributed by atoms with E-state index in [-0.39, 0.29) is 5.92 Å². The summed E-state index contributed by atoms with van der Waals surface area (Å²) in [5.41, 5.74) is 7.60. The molecule has 4 rings (SSSR count). The first kappa shape index (κ1) is 15.8. The van der Waals surface area contributed by atoms with Gasteiger partial charge in [0.1, 0.15) is 16.5 Å². The second kappa shape index (κ2) is 6.29. The van der Waals surface area contributed by atoms with Gasteiger partial charge in [-0.2, -0.15) is 0 Å². The highest BCUT2D eigenvalue weighted by Gasteiger charge is 2.26. The lowest BCUT2D eigenvalue weighted by atomic mass is 9.97. The summed E-state index contributed by atoms with van der Waals surface area (Å²) in [6, 6.07) is 0. The van der Waals surface area contributed by atoms with E-state index in [0.29, 0.717) is 24.7 Å². The number of nitrogens with zero attached hydrogens (tertiary/aromatic N) is 3. The second-order valence-electron chi connectivity index (χ2n) is 6.83. The maximum absolute atomic E-state index is 11.2. The van der Waals surface area contributed by atoms with E-state index in [2.05, 4.69) is 9.88 Å². The molecular weight excluding hydrogens is 324 g/mol. The number of hydrogen-bond donors (Lipinski definition) is 2. The van der Waals surface area contributed by atoms with Crippen LogP contribution in [0.5, 0.6) is 0 Å². The number of aromatic nitrogens is 2. The number of aliphatic carboxylic acids is 1. The van der Waals surface area contributed by atoms with E-state index in [4.69, 9.17) is 10.7 Å². The normalized spacial score (nSPS) is 21.8. The molecule has 7 heteroatoms. The van der Waals surface area contributed by atoms with Crippen LogP contribution in [0.25, 0.3) is 10.2 Å². The third-order valence-electron chi connectivity index (χ3n) is 5.11. The molecule has 24 heavy (non-hydrogen) atoms. The van der Waals surface area contributed by atoms with Crippen LogP contribution in [0.2, 0.25) is 0 Å². The predicted octanol–water partition coefficient (Wildman–Crippen LogP) is 2.45. The number of nitrogens with two attached hydrogens (primary N) is 1. The van der Waals surface area contributed by atoms with Crippen molar-refractivity contribution in [1.29, 1.82) is 0 Å². The van der Waals surface area contributed by atoms with Gasteiger partial charge in [0, 0.05) is 11.4 Å². The van der Waals surface area contributed by atoms with Crippen molar-refractivity contribution in [3.8, 4) is 0 Å². The van der Waals surface area contributed by atoms with Crippen molar-refractivity contribution in [1.82, 2.24) is 14.9 Å². The van der Waals surface area contributed by atoms with Crippen LogP contribution >= 0.6 is 11.3 Å². The minimum atomic E-state index is -0.707. The van der Waals surface area contributed by atoms with Gasteiger partial charge in [-0.15, -0.1) is 11.3 Å². The fraction of sp³-hybridized carbons (Fsp3) is 0.588.